The molecule has 17 heavy (non-hydrogen) atoms. The van der Waals surface area contributed by atoms with Crippen molar-refractivity contribution in [3.63, 3.8) is 0 Å². The molecule has 1 unspecified atom stereocenters. The number of hydrogen-bond donors (Lipinski definition) is 2. The number of anilines is 1. The maximum Gasteiger partial charge on any atom is 0.143 e. The first-order valence-electron chi connectivity index (χ1n) is 5.58. The third-order valence-electron chi connectivity index (χ3n) is 2.60. The van der Waals surface area contributed by atoms with Gasteiger partial charge in [0.2, 0.25) is 0 Å². The molecular weight excluding hydrogens is 216 g/mol. The molecule has 1 rings (SSSR count). The summed E-state index contributed by atoms with van der Waals surface area (Å²) in [4.78, 5) is 0. The molecule has 2 N–H and O–H groups in total. The Hall–Kier alpha value is -1.73. The van der Waals surface area contributed by atoms with Gasteiger partial charge in [0.25, 0.3) is 0 Å². The van der Waals surface area contributed by atoms with E-state index < -0.39 is 6.10 Å². The SMILES string of the molecule is COc1cc(C#N)ccc1NCC(O)C(C)C. The van der Waals surface area contributed by atoms with Crippen molar-refractivity contribution in [2.75, 3.05) is 19.0 Å². The molecule has 0 amide bonds. The number of hydrogen-bond acceptors (Lipinski definition) is 4. The number of aliphatic hydroxyl groups is 1. The molecule has 1 aromatic rings. The van der Waals surface area contributed by atoms with Crippen molar-refractivity contribution in [3.05, 3.63) is 23.8 Å². The van der Waals surface area contributed by atoms with Crippen LogP contribution in [-0.2, 0) is 0 Å². The van der Waals surface area contributed by atoms with Gasteiger partial charge in [0.1, 0.15) is 5.75 Å². The Morgan fingerprint density at radius 2 is 2.18 bits per heavy atom. The maximum atomic E-state index is 9.70. The van der Waals surface area contributed by atoms with Crippen LogP contribution in [-0.4, -0.2) is 24.9 Å². The van der Waals surface area contributed by atoms with Gasteiger partial charge in [-0.1, -0.05) is 13.8 Å². The third-order valence-corrected chi connectivity index (χ3v) is 2.60. The summed E-state index contributed by atoms with van der Waals surface area (Å²) in [6.07, 6.45) is -0.407. The van der Waals surface area contributed by atoms with E-state index in [2.05, 4.69) is 11.4 Å². The lowest BCUT2D eigenvalue weighted by Gasteiger charge is -2.17. The second kappa shape index (κ2) is 6.12. The molecule has 0 heterocycles. The number of rotatable bonds is 5. The summed E-state index contributed by atoms with van der Waals surface area (Å²) >= 11 is 0. The van der Waals surface area contributed by atoms with Crippen LogP contribution in [0.3, 0.4) is 0 Å². The highest BCUT2D eigenvalue weighted by Gasteiger charge is 2.10. The van der Waals surface area contributed by atoms with Crippen molar-refractivity contribution in [1.29, 1.82) is 5.26 Å². The van der Waals surface area contributed by atoms with Crippen LogP contribution < -0.4 is 10.1 Å². The van der Waals surface area contributed by atoms with Gasteiger partial charge in [-0.15, -0.1) is 0 Å². The molecule has 0 spiro atoms. The van der Waals surface area contributed by atoms with Gasteiger partial charge in [-0.25, -0.2) is 0 Å². The Morgan fingerprint density at radius 3 is 2.71 bits per heavy atom. The van der Waals surface area contributed by atoms with Crippen LogP contribution in [0.2, 0.25) is 0 Å². The summed E-state index contributed by atoms with van der Waals surface area (Å²) in [6, 6.07) is 7.22. The minimum Gasteiger partial charge on any atom is -0.495 e. The molecule has 1 aromatic carbocycles. The Bertz CT molecular complexity index is 410. The van der Waals surface area contributed by atoms with Crippen LogP contribution in [0.1, 0.15) is 19.4 Å². The zero-order chi connectivity index (χ0) is 12.8. The van der Waals surface area contributed by atoms with E-state index in [-0.39, 0.29) is 5.92 Å². The zero-order valence-electron chi connectivity index (χ0n) is 10.4. The molecule has 0 bridgehead atoms. The molecule has 0 aliphatic rings. The van der Waals surface area contributed by atoms with E-state index in [4.69, 9.17) is 10.00 Å². The van der Waals surface area contributed by atoms with E-state index in [0.717, 1.165) is 5.69 Å². The fourth-order valence-corrected chi connectivity index (χ4v) is 1.36. The van der Waals surface area contributed by atoms with Gasteiger partial charge in [-0.3, -0.25) is 0 Å². The van der Waals surface area contributed by atoms with Crippen molar-refractivity contribution in [2.24, 2.45) is 5.92 Å². The molecule has 1 atom stereocenters. The Balaban J connectivity index is 2.74. The van der Waals surface area contributed by atoms with Gasteiger partial charge in [0.15, 0.2) is 0 Å². The largest absolute Gasteiger partial charge is 0.495 e. The zero-order valence-corrected chi connectivity index (χ0v) is 10.4. The number of nitrogens with zero attached hydrogens (tertiary/aromatic N) is 1. The number of ether oxygens (including phenoxy) is 1. The molecule has 4 heteroatoms. The maximum absolute atomic E-state index is 9.70. The highest BCUT2D eigenvalue weighted by molar-refractivity contribution is 5.59. The lowest BCUT2D eigenvalue weighted by atomic mass is 10.1. The molecule has 0 saturated heterocycles. The number of aliphatic hydroxyl groups excluding tert-OH is 1. The van der Waals surface area contributed by atoms with Gasteiger partial charge in [0.05, 0.1) is 30.5 Å². The van der Waals surface area contributed by atoms with Crippen molar-refractivity contribution in [3.8, 4) is 11.8 Å². The van der Waals surface area contributed by atoms with E-state index in [9.17, 15) is 5.11 Å². The molecule has 0 aliphatic carbocycles. The molecular formula is C13H18N2O2. The first-order valence-corrected chi connectivity index (χ1v) is 5.58. The van der Waals surface area contributed by atoms with Crippen LogP contribution in [0.25, 0.3) is 0 Å². The first kappa shape index (κ1) is 13.3. The smallest absolute Gasteiger partial charge is 0.143 e. The molecule has 4 nitrogen and oxygen atoms in total. The summed E-state index contributed by atoms with van der Waals surface area (Å²) in [5, 5.41) is 21.6. The lowest BCUT2D eigenvalue weighted by Crippen LogP contribution is -2.24. The second-order valence-electron chi connectivity index (χ2n) is 4.22. The minimum absolute atomic E-state index is 0.201. The number of benzene rings is 1. The monoisotopic (exact) mass is 234 g/mol. The van der Waals surface area contributed by atoms with Crippen molar-refractivity contribution < 1.29 is 9.84 Å². The number of nitrogens with one attached hydrogen (secondary N) is 1. The van der Waals surface area contributed by atoms with E-state index in [1.54, 1.807) is 25.3 Å². The van der Waals surface area contributed by atoms with E-state index in [0.29, 0.717) is 17.9 Å². The fourth-order valence-electron chi connectivity index (χ4n) is 1.36. The van der Waals surface area contributed by atoms with Gasteiger partial charge in [-0.2, -0.15) is 5.26 Å². The Labute approximate surface area is 102 Å². The van der Waals surface area contributed by atoms with Crippen molar-refractivity contribution in [1.82, 2.24) is 0 Å². The average molecular weight is 234 g/mol. The predicted octanol–water partition coefficient (Wildman–Crippen LogP) is 2.00. The molecule has 0 aromatic heterocycles. The number of methoxy groups -OCH3 is 1. The third kappa shape index (κ3) is 3.65. The first-order chi connectivity index (χ1) is 8.08. The molecule has 0 fully saturated rings. The number of nitriles is 1. The van der Waals surface area contributed by atoms with Crippen LogP contribution in [0.5, 0.6) is 5.75 Å². The van der Waals surface area contributed by atoms with E-state index in [1.807, 2.05) is 13.8 Å². The second-order valence-corrected chi connectivity index (χ2v) is 4.22. The standard InChI is InChI=1S/C13H18N2O2/c1-9(2)12(16)8-15-11-5-4-10(7-14)6-13(11)17-3/h4-6,9,12,15-16H,8H2,1-3H3. The summed E-state index contributed by atoms with van der Waals surface area (Å²) in [5.74, 6) is 0.812. The summed E-state index contributed by atoms with van der Waals surface area (Å²) < 4.78 is 5.19. The van der Waals surface area contributed by atoms with E-state index >= 15 is 0 Å². The summed E-state index contributed by atoms with van der Waals surface area (Å²) in [7, 11) is 1.56. The van der Waals surface area contributed by atoms with E-state index in [1.165, 1.54) is 0 Å². The van der Waals surface area contributed by atoms with Crippen molar-refractivity contribution >= 4 is 5.69 Å². The van der Waals surface area contributed by atoms with Gasteiger partial charge >= 0.3 is 0 Å². The highest BCUT2D eigenvalue weighted by atomic mass is 16.5. The molecule has 0 radical (unpaired) electrons. The van der Waals surface area contributed by atoms with Crippen molar-refractivity contribution in [2.45, 2.75) is 20.0 Å². The molecule has 92 valence electrons. The molecule has 0 saturated carbocycles. The van der Waals surface area contributed by atoms with Crippen LogP contribution in [0.15, 0.2) is 18.2 Å². The molecule has 0 aliphatic heterocycles. The fraction of sp³-hybridized carbons (Fsp3) is 0.462. The van der Waals surface area contributed by atoms with Gasteiger partial charge in [0, 0.05) is 12.6 Å². The van der Waals surface area contributed by atoms with Crippen LogP contribution >= 0.6 is 0 Å². The Morgan fingerprint density at radius 1 is 1.47 bits per heavy atom. The van der Waals surface area contributed by atoms with Gasteiger partial charge in [-0.05, 0) is 18.1 Å². The summed E-state index contributed by atoms with van der Waals surface area (Å²) in [5.41, 5.74) is 1.34. The van der Waals surface area contributed by atoms with Crippen LogP contribution in [0.4, 0.5) is 5.69 Å². The van der Waals surface area contributed by atoms with Gasteiger partial charge < -0.3 is 15.2 Å². The summed E-state index contributed by atoms with van der Waals surface area (Å²) in [6.45, 7) is 4.38. The Kier molecular flexibility index (Phi) is 4.80. The normalized spacial score (nSPS) is 12.0. The minimum atomic E-state index is -0.407. The quantitative estimate of drug-likeness (QED) is 0.817. The predicted molar refractivity (Wildman–Crippen MR) is 67.0 cm³/mol. The average Bonchev–Trinajstić information content (AvgIpc) is 2.35. The lowest BCUT2D eigenvalue weighted by molar-refractivity contribution is 0.138. The highest BCUT2D eigenvalue weighted by Crippen LogP contribution is 2.25. The van der Waals surface area contributed by atoms with Crippen LogP contribution in [0, 0.1) is 17.2 Å². The topological polar surface area (TPSA) is 65.3 Å².